The van der Waals surface area contributed by atoms with Crippen LogP contribution in [0.25, 0.3) is 15.3 Å². The van der Waals surface area contributed by atoms with Crippen molar-refractivity contribution in [3.05, 3.63) is 22.5 Å². The number of amides is 1. The molecular formula is C15H15N3O3S2. The first kappa shape index (κ1) is 14.6. The van der Waals surface area contributed by atoms with Gasteiger partial charge in [0.05, 0.1) is 23.9 Å². The number of esters is 1. The molecule has 0 aliphatic heterocycles. The molecule has 23 heavy (non-hydrogen) atoms. The van der Waals surface area contributed by atoms with E-state index < -0.39 is 0 Å². The van der Waals surface area contributed by atoms with E-state index in [1.165, 1.54) is 18.4 Å². The minimum atomic E-state index is -0.288. The molecule has 0 unspecified atom stereocenters. The van der Waals surface area contributed by atoms with Gasteiger partial charge in [0, 0.05) is 17.6 Å². The number of nitrogens with one attached hydrogen (secondary N) is 1. The van der Waals surface area contributed by atoms with Crippen molar-refractivity contribution in [3.63, 3.8) is 0 Å². The third-order valence-electron chi connectivity index (χ3n) is 4.09. The molecule has 1 saturated carbocycles. The highest BCUT2D eigenvalue weighted by molar-refractivity contribution is 7.21. The van der Waals surface area contributed by atoms with E-state index in [0.717, 1.165) is 28.1 Å². The van der Waals surface area contributed by atoms with Crippen molar-refractivity contribution in [1.29, 1.82) is 0 Å². The first-order chi connectivity index (χ1) is 11.2. The highest BCUT2D eigenvalue weighted by Gasteiger charge is 2.34. The fraction of sp³-hybridized carbons (Fsp3) is 0.400. The Kier molecular flexibility index (Phi) is 3.57. The van der Waals surface area contributed by atoms with Crippen molar-refractivity contribution in [1.82, 2.24) is 14.7 Å². The summed E-state index contributed by atoms with van der Waals surface area (Å²) in [6.45, 7) is 0. The number of carbonyl (C=O) groups is 2. The number of imidazole rings is 1. The molecule has 1 aliphatic rings. The van der Waals surface area contributed by atoms with Gasteiger partial charge in [-0.05, 0) is 24.8 Å². The van der Waals surface area contributed by atoms with Gasteiger partial charge in [0.1, 0.15) is 4.83 Å². The van der Waals surface area contributed by atoms with Crippen molar-refractivity contribution < 1.29 is 14.3 Å². The summed E-state index contributed by atoms with van der Waals surface area (Å²) in [5.41, 5.74) is 0.951. The minimum absolute atomic E-state index is 0.141. The second kappa shape index (κ2) is 5.61. The summed E-state index contributed by atoms with van der Waals surface area (Å²) in [4.78, 5) is 30.9. The summed E-state index contributed by atoms with van der Waals surface area (Å²) in [7, 11) is 1.37. The maximum absolute atomic E-state index is 12.5. The Bertz CT molecular complexity index is 890. The summed E-state index contributed by atoms with van der Waals surface area (Å²) >= 11 is 2.95. The lowest BCUT2D eigenvalue weighted by atomic mass is 10.1. The third-order valence-corrected chi connectivity index (χ3v) is 5.86. The Morgan fingerprint density at radius 3 is 3.09 bits per heavy atom. The van der Waals surface area contributed by atoms with Crippen LogP contribution in [-0.2, 0) is 9.53 Å². The Morgan fingerprint density at radius 2 is 2.35 bits per heavy atom. The molecule has 1 aliphatic carbocycles. The van der Waals surface area contributed by atoms with Crippen molar-refractivity contribution >= 4 is 49.9 Å². The topological polar surface area (TPSA) is 72.7 Å². The SMILES string of the molecule is COC(=O)C[C@@H](NC(=O)c1cc2c(nc3sccn32)s1)C1CC1. The van der Waals surface area contributed by atoms with Crippen molar-refractivity contribution in [2.24, 2.45) is 5.92 Å². The lowest BCUT2D eigenvalue weighted by Gasteiger charge is -2.16. The molecule has 3 aromatic heterocycles. The van der Waals surface area contributed by atoms with E-state index in [0.29, 0.717) is 10.8 Å². The Hall–Kier alpha value is -1.93. The lowest BCUT2D eigenvalue weighted by molar-refractivity contribution is -0.141. The number of fused-ring (bicyclic) bond motifs is 3. The number of thiophene rings is 1. The van der Waals surface area contributed by atoms with Crippen molar-refractivity contribution in [3.8, 4) is 0 Å². The number of carbonyl (C=O) groups excluding carboxylic acids is 2. The molecule has 0 saturated heterocycles. The molecular weight excluding hydrogens is 334 g/mol. The van der Waals surface area contributed by atoms with Crippen LogP contribution in [0.5, 0.6) is 0 Å². The van der Waals surface area contributed by atoms with E-state index in [2.05, 4.69) is 10.3 Å². The highest BCUT2D eigenvalue weighted by atomic mass is 32.1. The van der Waals surface area contributed by atoms with Gasteiger partial charge in [-0.1, -0.05) is 0 Å². The quantitative estimate of drug-likeness (QED) is 0.719. The molecule has 3 heterocycles. The summed E-state index contributed by atoms with van der Waals surface area (Å²) in [6.07, 6.45) is 4.28. The molecule has 8 heteroatoms. The van der Waals surface area contributed by atoms with Crippen LogP contribution in [-0.4, -0.2) is 34.4 Å². The zero-order valence-electron chi connectivity index (χ0n) is 12.4. The van der Waals surface area contributed by atoms with E-state index in [9.17, 15) is 9.59 Å². The normalized spacial score (nSPS) is 15.9. The van der Waals surface area contributed by atoms with Crippen LogP contribution in [0.15, 0.2) is 17.6 Å². The van der Waals surface area contributed by atoms with E-state index in [4.69, 9.17) is 4.74 Å². The number of hydrogen-bond acceptors (Lipinski definition) is 6. The Morgan fingerprint density at radius 1 is 1.52 bits per heavy atom. The number of hydrogen-bond donors (Lipinski definition) is 1. The molecule has 6 nitrogen and oxygen atoms in total. The molecule has 0 spiro atoms. The van der Waals surface area contributed by atoms with Crippen LogP contribution in [0.1, 0.15) is 28.9 Å². The van der Waals surface area contributed by atoms with Gasteiger partial charge in [-0.3, -0.25) is 14.0 Å². The summed E-state index contributed by atoms with van der Waals surface area (Å²) in [5.74, 6) is -0.0467. The fourth-order valence-corrected chi connectivity index (χ4v) is 4.40. The van der Waals surface area contributed by atoms with Crippen molar-refractivity contribution in [2.75, 3.05) is 7.11 Å². The van der Waals surface area contributed by atoms with E-state index in [-0.39, 0.29) is 24.3 Å². The summed E-state index contributed by atoms with van der Waals surface area (Å²) < 4.78 is 6.71. The molecule has 1 amide bonds. The van der Waals surface area contributed by atoms with Gasteiger partial charge in [-0.2, -0.15) is 0 Å². The van der Waals surface area contributed by atoms with E-state index in [1.807, 2.05) is 22.0 Å². The summed E-state index contributed by atoms with van der Waals surface area (Å²) in [6, 6.07) is 1.72. The molecule has 1 N–H and O–H groups in total. The van der Waals surface area contributed by atoms with Gasteiger partial charge in [0.2, 0.25) is 0 Å². The monoisotopic (exact) mass is 349 g/mol. The highest BCUT2D eigenvalue weighted by Crippen LogP contribution is 2.35. The molecule has 120 valence electrons. The standard InChI is InChI=1S/C15H15N3O3S2/c1-21-12(19)6-9(8-2-3-8)16-13(20)11-7-10-14(23-11)17-15-18(10)4-5-22-15/h4-5,7-9H,2-3,6H2,1H3,(H,16,20)/t9-/m1/s1. The zero-order valence-corrected chi connectivity index (χ0v) is 14.1. The second-order valence-electron chi connectivity index (χ2n) is 5.67. The number of methoxy groups -OCH3 is 1. The Balaban J connectivity index is 1.55. The van der Waals surface area contributed by atoms with Crippen LogP contribution in [0.3, 0.4) is 0 Å². The number of aromatic nitrogens is 2. The van der Waals surface area contributed by atoms with Crippen molar-refractivity contribution in [2.45, 2.75) is 25.3 Å². The van der Waals surface area contributed by atoms with E-state index >= 15 is 0 Å². The molecule has 0 bridgehead atoms. The van der Waals surface area contributed by atoms with Gasteiger partial charge >= 0.3 is 5.97 Å². The van der Waals surface area contributed by atoms with Gasteiger partial charge in [-0.15, -0.1) is 22.7 Å². The number of nitrogens with zero attached hydrogens (tertiary/aromatic N) is 2. The molecule has 1 atom stereocenters. The number of thiazole rings is 1. The van der Waals surface area contributed by atoms with Crippen LogP contribution < -0.4 is 5.32 Å². The van der Waals surface area contributed by atoms with Gasteiger partial charge in [0.15, 0.2) is 4.96 Å². The number of rotatable bonds is 5. The van der Waals surface area contributed by atoms with Gasteiger partial charge < -0.3 is 10.1 Å². The first-order valence-corrected chi connectivity index (χ1v) is 9.08. The largest absolute Gasteiger partial charge is 0.469 e. The average Bonchev–Trinajstić information content (AvgIpc) is 3.01. The first-order valence-electron chi connectivity index (χ1n) is 7.38. The average molecular weight is 349 g/mol. The minimum Gasteiger partial charge on any atom is -0.469 e. The van der Waals surface area contributed by atoms with Crippen LogP contribution in [0.2, 0.25) is 0 Å². The second-order valence-corrected chi connectivity index (χ2v) is 7.57. The summed E-state index contributed by atoms with van der Waals surface area (Å²) in [5, 5.41) is 4.96. The van der Waals surface area contributed by atoms with Crippen LogP contribution in [0, 0.1) is 5.92 Å². The maximum atomic E-state index is 12.5. The zero-order chi connectivity index (χ0) is 16.0. The third kappa shape index (κ3) is 2.72. The predicted octanol–water partition coefficient (Wildman–Crippen LogP) is 2.68. The molecule has 1 fully saturated rings. The molecule has 3 aromatic rings. The number of ether oxygens (including phenoxy) is 1. The predicted molar refractivity (Wildman–Crippen MR) is 89.1 cm³/mol. The van der Waals surface area contributed by atoms with Crippen LogP contribution >= 0.6 is 22.7 Å². The van der Waals surface area contributed by atoms with Gasteiger partial charge in [0.25, 0.3) is 5.91 Å². The molecule has 0 radical (unpaired) electrons. The smallest absolute Gasteiger partial charge is 0.307 e. The van der Waals surface area contributed by atoms with Gasteiger partial charge in [-0.25, -0.2) is 4.98 Å². The Labute approximate surface area is 140 Å². The lowest BCUT2D eigenvalue weighted by Crippen LogP contribution is -2.38. The maximum Gasteiger partial charge on any atom is 0.307 e. The van der Waals surface area contributed by atoms with Crippen LogP contribution in [0.4, 0.5) is 0 Å². The molecule has 0 aromatic carbocycles. The fourth-order valence-electron chi connectivity index (χ4n) is 2.70. The van der Waals surface area contributed by atoms with E-state index in [1.54, 1.807) is 11.3 Å². The molecule has 4 rings (SSSR count).